The molecule has 10 heteroatoms. The van der Waals surface area contributed by atoms with Gasteiger partial charge in [-0.2, -0.15) is 0 Å². The molecular weight excluding hydrogens is 426 g/mol. The van der Waals surface area contributed by atoms with Gasteiger partial charge in [-0.1, -0.05) is 35.0 Å². The molecule has 1 amide bonds. The highest BCUT2D eigenvalue weighted by molar-refractivity contribution is 6.30. The minimum absolute atomic E-state index is 0.0412. The zero-order chi connectivity index (χ0) is 22.4. The van der Waals surface area contributed by atoms with Gasteiger partial charge in [0.15, 0.2) is 23.8 Å². The van der Waals surface area contributed by atoms with E-state index < -0.39 is 4.92 Å². The standard InChI is InChI=1S/C21H18ClN3O6/c1-13-21(25(27)28)18(31-24-13)9-7-14-6-8-17(19(10-14)29-2)30-12-20(26)23-16-5-3-4-15(22)11-16/h3-11H,12H2,1-2H3,(H,23,26)/b9-7+. The maximum Gasteiger partial charge on any atom is 0.338 e. The Balaban J connectivity index is 1.67. The van der Waals surface area contributed by atoms with E-state index in [4.69, 9.17) is 25.6 Å². The second-order valence-electron chi connectivity index (χ2n) is 6.33. The summed E-state index contributed by atoms with van der Waals surface area (Å²) >= 11 is 5.90. The van der Waals surface area contributed by atoms with Gasteiger partial charge in [-0.15, -0.1) is 0 Å². The van der Waals surface area contributed by atoms with Crippen molar-refractivity contribution < 1.29 is 23.7 Å². The van der Waals surface area contributed by atoms with Crippen molar-refractivity contribution in [2.75, 3.05) is 19.0 Å². The van der Waals surface area contributed by atoms with Crippen LogP contribution in [0.4, 0.5) is 11.4 Å². The van der Waals surface area contributed by atoms with Crippen LogP contribution in [-0.2, 0) is 4.79 Å². The van der Waals surface area contributed by atoms with Gasteiger partial charge in [-0.05, 0) is 48.9 Å². The first kappa shape index (κ1) is 21.8. The third kappa shape index (κ3) is 5.61. The number of benzene rings is 2. The first-order chi connectivity index (χ1) is 14.9. The molecule has 31 heavy (non-hydrogen) atoms. The molecule has 3 aromatic rings. The van der Waals surface area contributed by atoms with Crippen LogP contribution < -0.4 is 14.8 Å². The summed E-state index contributed by atoms with van der Waals surface area (Å²) in [5.74, 6) is 0.434. The molecule has 160 valence electrons. The van der Waals surface area contributed by atoms with Crippen molar-refractivity contribution in [2.24, 2.45) is 0 Å². The Morgan fingerprint density at radius 2 is 2.06 bits per heavy atom. The molecule has 0 aliphatic heterocycles. The van der Waals surface area contributed by atoms with E-state index in [1.165, 1.54) is 20.1 Å². The molecule has 1 N–H and O–H groups in total. The molecule has 3 rings (SSSR count). The third-order valence-electron chi connectivity index (χ3n) is 4.12. The highest BCUT2D eigenvalue weighted by atomic mass is 35.5. The van der Waals surface area contributed by atoms with Crippen LogP contribution in [0.25, 0.3) is 12.2 Å². The Bertz CT molecular complexity index is 1140. The predicted molar refractivity (Wildman–Crippen MR) is 115 cm³/mol. The number of carbonyl (C=O) groups excluding carboxylic acids is 1. The topological polar surface area (TPSA) is 117 Å². The monoisotopic (exact) mass is 443 g/mol. The average molecular weight is 444 g/mol. The average Bonchev–Trinajstić information content (AvgIpc) is 3.11. The molecule has 0 bridgehead atoms. The van der Waals surface area contributed by atoms with Crippen LogP contribution in [0.5, 0.6) is 11.5 Å². The maximum absolute atomic E-state index is 12.1. The van der Waals surface area contributed by atoms with Crippen molar-refractivity contribution in [2.45, 2.75) is 6.92 Å². The Kier molecular flexibility index (Phi) is 6.88. The number of amides is 1. The minimum atomic E-state index is -0.544. The van der Waals surface area contributed by atoms with Crippen LogP contribution in [0.3, 0.4) is 0 Å². The highest BCUT2D eigenvalue weighted by Gasteiger charge is 2.22. The van der Waals surface area contributed by atoms with Crippen LogP contribution in [0.15, 0.2) is 47.0 Å². The van der Waals surface area contributed by atoms with E-state index >= 15 is 0 Å². The zero-order valence-electron chi connectivity index (χ0n) is 16.6. The lowest BCUT2D eigenvalue weighted by molar-refractivity contribution is -0.386. The Hall–Kier alpha value is -3.85. The van der Waals surface area contributed by atoms with Crippen LogP contribution in [0.2, 0.25) is 5.02 Å². The van der Waals surface area contributed by atoms with E-state index in [-0.39, 0.29) is 29.7 Å². The lowest BCUT2D eigenvalue weighted by Gasteiger charge is -2.11. The fraction of sp³-hybridized carbons (Fsp3) is 0.143. The van der Waals surface area contributed by atoms with Gasteiger partial charge in [-0.25, -0.2) is 0 Å². The molecule has 1 aromatic heterocycles. The van der Waals surface area contributed by atoms with Crippen LogP contribution in [0.1, 0.15) is 17.0 Å². The molecule has 0 saturated heterocycles. The number of halogens is 1. The van der Waals surface area contributed by atoms with E-state index in [0.29, 0.717) is 27.8 Å². The third-order valence-corrected chi connectivity index (χ3v) is 4.36. The molecule has 0 aliphatic carbocycles. The van der Waals surface area contributed by atoms with Crippen LogP contribution >= 0.6 is 11.6 Å². The van der Waals surface area contributed by atoms with Gasteiger partial charge in [0.05, 0.1) is 12.0 Å². The molecule has 0 saturated carbocycles. The molecule has 9 nitrogen and oxygen atoms in total. The molecular formula is C21H18ClN3O6. The van der Waals surface area contributed by atoms with Crippen molar-refractivity contribution in [1.29, 1.82) is 0 Å². The summed E-state index contributed by atoms with van der Waals surface area (Å²) < 4.78 is 15.9. The Labute approximate surface area is 182 Å². The smallest absolute Gasteiger partial charge is 0.338 e. The van der Waals surface area contributed by atoms with Crippen molar-refractivity contribution in [1.82, 2.24) is 5.16 Å². The number of hydrogen-bond acceptors (Lipinski definition) is 7. The lowest BCUT2D eigenvalue weighted by Crippen LogP contribution is -2.20. The van der Waals surface area contributed by atoms with E-state index in [1.54, 1.807) is 48.5 Å². The summed E-state index contributed by atoms with van der Waals surface area (Å²) in [4.78, 5) is 22.7. The zero-order valence-corrected chi connectivity index (χ0v) is 17.4. The number of aromatic nitrogens is 1. The number of hydrogen-bond donors (Lipinski definition) is 1. The largest absolute Gasteiger partial charge is 0.493 e. The molecule has 0 atom stereocenters. The second-order valence-corrected chi connectivity index (χ2v) is 6.77. The summed E-state index contributed by atoms with van der Waals surface area (Å²) in [5.41, 5.74) is 1.25. The molecule has 0 fully saturated rings. The van der Waals surface area contributed by atoms with Gasteiger partial charge >= 0.3 is 5.69 Å². The molecule has 1 heterocycles. The number of ether oxygens (including phenoxy) is 2. The maximum atomic E-state index is 12.1. The lowest BCUT2D eigenvalue weighted by atomic mass is 10.1. The second kappa shape index (κ2) is 9.77. The summed E-state index contributed by atoms with van der Waals surface area (Å²) in [5, 5.41) is 17.9. The van der Waals surface area contributed by atoms with E-state index in [9.17, 15) is 14.9 Å². The number of aryl methyl sites for hydroxylation is 1. The van der Waals surface area contributed by atoms with Gasteiger partial charge in [0, 0.05) is 10.7 Å². The highest BCUT2D eigenvalue weighted by Crippen LogP contribution is 2.30. The number of nitrogens with one attached hydrogen (secondary N) is 1. The minimum Gasteiger partial charge on any atom is -0.493 e. The Morgan fingerprint density at radius 1 is 1.26 bits per heavy atom. The number of anilines is 1. The van der Waals surface area contributed by atoms with Crippen molar-refractivity contribution in [3.63, 3.8) is 0 Å². The number of nitrogens with zero attached hydrogens (tertiary/aromatic N) is 2. The summed E-state index contributed by atoms with van der Waals surface area (Å²) in [6, 6.07) is 11.8. The van der Waals surface area contributed by atoms with Gasteiger partial charge in [0.2, 0.25) is 5.76 Å². The fourth-order valence-electron chi connectivity index (χ4n) is 2.70. The first-order valence-electron chi connectivity index (χ1n) is 9.02. The predicted octanol–water partition coefficient (Wildman–Crippen LogP) is 4.74. The molecule has 2 aromatic carbocycles. The van der Waals surface area contributed by atoms with Crippen molar-refractivity contribution in [3.05, 3.63) is 74.6 Å². The molecule has 0 unspecified atom stereocenters. The fourth-order valence-corrected chi connectivity index (χ4v) is 2.89. The van der Waals surface area contributed by atoms with Gasteiger partial charge in [0.25, 0.3) is 5.91 Å². The summed E-state index contributed by atoms with van der Waals surface area (Å²) in [7, 11) is 1.46. The van der Waals surface area contributed by atoms with E-state index in [2.05, 4.69) is 10.5 Å². The van der Waals surface area contributed by atoms with Gasteiger partial charge < -0.3 is 19.3 Å². The van der Waals surface area contributed by atoms with E-state index in [1.807, 2.05) is 0 Å². The summed E-state index contributed by atoms with van der Waals surface area (Å²) in [6.07, 6.45) is 3.07. The Morgan fingerprint density at radius 3 is 2.77 bits per heavy atom. The normalized spacial score (nSPS) is 10.8. The van der Waals surface area contributed by atoms with Crippen molar-refractivity contribution in [3.8, 4) is 11.5 Å². The number of nitro groups is 1. The van der Waals surface area contributed by atoms with Gasteiger partial charge in [-0.3, -0.25) is 14.9 Å². The van der Waals surface area contributed by atoms with Crippen LogP contribution in [-0.4, -0.2) is 29.7 Å². The first-order valence-corrected chi connectivity index (χ1v) is 9.40. The number of methoxy groups -OCH3 is 1. The van der Waals surface area contributed by atoms with Gasteiger partial charge in [0.1, 0.15) is 0 Å². The number of carbonyl (C=O) groups is 1. The quantitative estimate of drug-likeness (QED) is 0.394. The number of rotatable bonds is 8. The molecule has 0 aliphatic rings. The van der Waals surface area contributed by atoms with E-state index in [0.717, 1.165) is 0 Å². The van der Waals surface area contributed by atoms with Crippen LogP contribution in [0, 0.1) is 17.0 Å². The summed E-state index contributed by atoms with van der Waals surface area (Å²) in [6.45, 7) is 1.26. The molecule has 0 spiro atoms. The van der Waals surface area contributed by atoms with Crippen molar-refractivity contribution >= 4 is 41.0 Å². The SMILES string of the molecule is COc1cc(/C=C/c2onc(C)c2[N+](=O)[O-])ccc1OCC(=O)Nc1cccc(Cl)c1. The molecule has 0 radical (unpaired) electrons.